The van der Waals surface area contributed by atoms with E-state index < -0.39 is 0 Å². The topological polar surface area (TPSA) is 68.2 Å². The Labute approximate surface area is 132 Å². The van der Waals surface area contributed by atoms with Gasteiger partial charge < -0.3 is 15.5 Å². The van der Waals surface area contributed by atoms with Crippen LogP contribution in [0, 0.1) is 17.2 Å². The molecule has 2 N–H and O–H groups in total. The molecular formula is C17H24N4O. The van der Waals surface area contributed by atoms with Gasteiger partial charge in [0.05, 0.1) is 11.6 Å². The van der Waals surface area contributed by atoms with Crippen molar-refractivity contribution in [2.75, 3.05) is 25.0 Å². The molecular weight excluding hydrogens is 276 g/mol. The second-order valence-electron chi connectivity index (χ2n) is 6.20. The Balaban J connectivity index is 1.79. The van der Waals surface area contributed by atoms with Crippen molar-refractivity contribution >= 4 is 11.7 Å². The van der Waals surface area contributed by atoms with E-state index in [9.17, 15) is 4.79 Å². The van der Waals surface area contributed by atoms with Gasteiger partial charge in [0, 0.05) is 24.8 Å². The summed E-state index contributed by atoms with van der Waals surface area (Å²) in [6.07, 6.45) is 2.54. The van der Waals surface area contributed by atoms with Crippen molar-refractivity contribution in [3.8, 4) is 6.07 Å². The van der Waals surface area contributed by atoms with Crippen molar-refractivity contribution in [1.82, 2.24) is 10.2 Å². The van der Waals surface area contributed by atoms with E-state index in [1.165, 1.54) is 12.8 Å². The van der Waals surface area contributed by atoms with Crippen molar-refractivity contribution < 1.29 is 4.79 Å². The average molecular weight is 300 g/mol. The van der Waals surface area contributed by atoms with Crippen molar-refractivity contribution in [3.05, 3.63) is 29.8 Å². The van der Waals surface area contributed by atoms with E-state index in [-0.39, 0.29) is 12.1 Å². The number of hydrogen-bond donors (Lipinski definition) is 2. The van der Waals surface area contributed by atoms with Crippen LogP contribution in [0.3, 0.4) is 0 Å². The minimum atomic E-state index is -0.229. The Bertz CT molecular complexity index is 552. The fourth-order valence-electron chi connectivity index (χ4n) is 2.94. The lowest BCUT2D eigenvalue weighted by atomic mass is 10.00. The van der Waals surface area contributed by atoms with Crippen LogP contribution in [0.2, 0.25) is 0 Å². The molecule has 1 aromatic rings. The first-order valence-corrected chi connectivity index (χ1v) is 7.87. The predicted molar refractivity (Wildman–Crippen MR) is 87.6 cm³/mol. The van der Waals surface area contributed by atoms with Gasteiger partial charge in [-0.05, 0) is 50.4 Å². The number of benzene rings is 1. The van der Waals surface area contributed by atoms with Crippen LogP contribution in [0.1, 0.15) is 32.3 Å². The lowest BCUT2D eigenvalue weighted by Gasteiger charge is -2.32. The summed E-state index contributed by atoms with van der Waals surface area (Å²) in [7, 11) is 0. The molecule has 1 heterocycles. The van der Waals surface area contributed by atoms with Gasteiger partial charge in [-0.2, -0.15) is 5.26 Å². The zero-order valence-electron chi connectivity index (χ0n) is 13.3. The maximum Gasteiger partial charge on any atom is 0.319 e. The molecule has 2 amide bonds. The highest BCUT2D eigenvalue weighted by Gasteiger charge is 2.18. The van der Waals surface area contributed by atoms with Gasteiger partial charge in [0.25, 0.3) is 0 Å². The molecule has 0 bridgehead atoms. The van der Waals surface area contributed by atoms with Gasteiger partial charge in [-0.3, -0.25) is 0 Å². The molecule has 5 nitrogen and oxygen atoms in total. The second kappa shape index (κ2) is 7.81. The lowest BCUT2D eigenvalue weighted by molar-refractivity contribution is 0.170. The standard InChI is InChI=1S/C17H24N4O/c1-13-5-4-8-21(11-13)12-14(2)19-17(22)20-16-7-3-6-15(9-16)10-18/h3,6-7,9,13-14H,4-5,8,11-12H2,1-2H3,(H2,19,20,22)/t13-,14-/m1/s1. The molecule has 5 heteroatoms. The number of urea groups is 1. The number of amides is 2. The Morgan fingerprint density at radius 3 is 3.09 bits per heavy atom. The summed E-state index contributed by atoms with van der Waals surface area (Å²) in [5.74, 6) is 0.739. The first-order chi connectivity index (χ1) is 10.6. The zero-order valence-corrected chi connectivity index (χ0v) is 13.3. The largest absolute Gasteiger partial charge is 0.334 e. The molecule has 0 radical (unpaired) electrons. The van der Waals surface area contributed by atoms with Gasteiger partial charge >= 0.3 is 6.03 Å². The van der Waals surface area contributed by atoms with Gasteiger partial charge in [0.1, 0.15) is 0 Å². The third kappa shape index (κ3) is 5.05. The van der Waals surface area contributed by atoms with Gasteiger partial charge in [-0.25, -0.2) is 4.79 Å². The molecule has 0 saturated carbocycles. The van der Waals surface area contributed by atoms with Crippen LogP contribution in [0.25, 0.3) is 0 Å². The van der Waals surface area contributed by atoms with E-state index in [2.05, 4.69) is 28.5 Å². The molecule has 0 spiro atoms. The average Bonchev–Trinajstić information content (AvgIpc) is 2.47. The molecule has 1 saturated heterocycles. The van der Waals surface area contributed by atoms with E-state index in [1.807, 2.05) is 6.92 Å². The van der Waals surface area contributed by atoms with E-state index in [1.54, 1.807) is 24.3 Å². The number of nitrogens with one attached hydrogen (secondary N) is 2. The summed E-state index contributed by atoms with van der Waals surface area (Å²) in [4.78, 5) is 14.4. The minimum absolute atomic E-state index is 0.0875. The number of nitrogens with zero attached hydrogens (tertiary/aromatic N) is 2. The van der Waals surface area contributed by atoms with Gasteiger partial charge in [0.15, 0.2) is 0 Å². The second-order valence-corrected chi connectivity index (χ2v) is 6.20. The summed E-state index contributed by atoms with van der Waals surface area (Å²) in [6.45, 7) is 7.39. The van der Waals surface area contributed by atoms with Crippen LogP contribution >= 0.6 is 0 Å². The van der Waals surface area contributed by atoms with E-state index in [4.69, 9.17) is 5.26 Å². The van der Waals surface area contributed by atoms with Crippen molar-refractivity contribution in [3.63, 3.8) is 0 Å². The summed E-state index contributed by atoms with van der Waals surface area (Å²) in [5.41, 5.74) is 1.17. The summed E-state index contributed by atoms with van der Waals surface area (Å²) >= 11 is 0. The quantitative estimate of drug-likeness (QED) is 0.898. The fourth-order valence-corrected chi connectivity index (χ4v) is 2.94. The SMILES string of the molecule is C[C@@H]1CCCN(C[C@@H](C)NC(=O)Nc2cccc(C#N)c2)C1. The number of anilines is 1. The maximum atomic E-state index is 12.0. The van der Waals surface area contributed by atoms with Crippen LogP contribution in [-0.4, -0.2) is 36.6 Å². The highest BCUT2D eigenvalue weighted by atomic mass is 16.2. The number of piperidine rings is 1. The Kier molecular flexibility index (Phi) is 5.79. The van der Waals surface area contributed by atoms with Crippen LogP contribution in [0.15, 0.2) is 24.3 Å². The van der Waals surface area contributed by atoms with E-state index >= 15 is 0 Å². The van der Waals surface area contributed by atoms with Crippen molar-refractivity contribution in [2.24, 2.45) is 5.92 Å². The zero-order chi connectivity index (χ0) is 15.9. The molecule has 1 aliphatic rings. The Hall–Kier alpha value is -2.06. The molecule has 1 aromatic carbocycles. The number of carbonyl (C=O) groups is 1. The van der Waals surface area contributed by atoms with E-state index in [0.29, 0.717) is 11.3 Å². The molecule has 1 fully saturated rings. The molecule has 1 aliphatic heterocycles. The smallest absolute Gasteiger partial charge is 0.319 e. The van der Waals surface area contributed by atoms with Crippen LogP contribution < -0.4 is 10.6 Å². The highest BCUT2D eigenvalue weighted by molar-refractivity contribution is 5.89. The van der Waals surface area contributed by atoms with Crippen molar-refractivity contribution in [2.45, 2.75) is 32.7 Å². The van der Waals surface area contributed by atoms with Crippen LogP contribution in [0.5, 0.6) is 0 Å². The van der Waals surface area contributed by atoms with Crippen molar-refractivity contribution in [1.29, 1.82) is 5.26 Å². The summed E-state index contributed by atoms with van der Waals surface area (Å²) in [5, 5.41) is 14.6. The molecule has 2 atom stereocenters. The Morgan fingerprint density at radius 2 is 2.36 bits per heavy atom. The monoisotopic (exact) mass is 300 g/mol. The van der Waals surface area contributed by atoms with Crippen LogP contribution in [-0.2, 0) is 0 Å². The number of carbonyl (C=O) groups excluding carboxylic acids is 1. The normalized spacial score (nSPS) is 20.0. The molecule has 22 heavy (non-hydrogen) atoms. The molecule has 118 valence electrons. The fraction of sp³-hybridized carbons (Fsp3) is 0.529. The summed E-state index contributed by atoms with van der Waals surface area (Å²) in [6, 6.07) is 8.83. The third-order valence-electron chi connectivity index (χ3n) is 3.90. The lowest BCUT2D eigenvalue weighted by Crippen LogP contribution is -2.46. The number of likely N-dealkylation sites (tertiary alicyclic amines) is 1. The predicted octanol–water partition coefficient (Wildman–Crippen LogP) is 2.80. The summed E-state index contributed by atoms with van der Waals surface area (Å²) < 4.78 is 0. The molecule has 0 aromatic heterocycles. The molecule has 0 aliphatic carbocycles. The molecule has 0 unspecified atom stereocenters. The first-order valence-electron chi connectivity index (χ1n) is 7.87. The van der Waals surface area contributed by atoms with Gasteiger partial charge in [0.2, 0.25) is 0 Å². The van der Waals surface area contributed by atoms with Crippen LogP contribution in [0.4, 0.5) is 10.5 Å². The number of rotatable bonds is 4. The van der Waals surface area contributed by atoms with Gasteiger partial charge in [-0.15, -0.1) is 0 Å². The third-order valence-corrected chi connectivity index (χ3v) is 3.90. The van der Waals surface area contributed by atoms with Gasteiger partial charge in [-0.1, -0.05) is 13.0 Å². The highest BCUT2D eigenvalue weighted by Crippen LogP contribution is 2.15. The molecule has 2 rings (SSSR count). The minimum Gasteiger partial charge on any atom is -0.334 e. The van der Waals surface area contributed by atoms with E-state index in [0.717, 1.165) is 25.6 Å². The first kappa shape index (κ1) is 16.3. The number of hydrogen-bond acceptors (Lipinski definition) is 3. The Morgan fingerprint density at radius 1 is 1.55 bits per heavy atom. The maximum absolute atomic E-state index is 12.0. The number of nitriles is 1.